The van der Waals surface area contributed by atoms with Crippen LogP contribution in [0.3, 0.4) is 0 Å². The van der Waals surface area contributed by atoms with Gasteiger partial charge in [-0.1, -0.05) is 19.3 Å². The fourth-order valence-corrected chi connectivity index (χ4v) is 4.78. The molecule has 2 fully saturated rings. The standard InChI is InChI=1S/C21H32N4O/c1-15-9-7-8-12-24(15)14-20(26)23-21-19(13-22)16(2)17(3)25(21)18-10-5-4-6-11-18/h15,18H,4-12,14H2,1-3H3,(H,23,26)/p+1/t15-/m0/s1. The van der Waals surface area contributed by atoms with Crippen LogP contribution in [-0.4, -0.2) is 29.6 Å². The molecule has 1 saturated carbocycles. The highest BCUT2D eigenvalue weighted by Gasteiger charge is 2.28. The minimum Gasteiger partial charge on any atom is -0.327 e. The van der Waals surface area contributed by atoms with Crippen LogP contribution in [0.15, 0.2) is 0 Å². The molecule has 5 heteroatoms. The summed E-state index contributed by atoms with van der Waals surface area (Å²) in [5.74, 6) is 0.781. The molecule has 0 radical (unpaired) electrons. The molecule has 1 saturated heterocycles. The van der Waals surface area contributed by atoms with Gasteiger partial charge in [-0.25, -0.2) is 0 Å². The van der Waals surface area contributed by atoms with Gasteiger partial charge in [0.2, 0.25) is 0 Å². The first-order valence-corrected chi connectivity index (χ1v) is 10.3. The number of nitriles is 1. The molecule has 1 aromatic heterocycles. The molecule has 1 aromatic rings. The normalized spacial score (nSPS) is 24.2. The highest BCUT2D eigenvalue weighted by Crippen LogP contribution is 2.36. The maximum Gasteiger partial charge on any atom is 0.280 e. The molecule has 1 unspecified atom stereocenters. The van der Waals surface area contributed by atoms with E-state index in [2.05, 4.69) is 29.8 Å². The monoisotopic (exact) mass is 357 g/mol. The molecule has 0 aromatic carbocycles. The van der Waals surface area contributed by atoms with E-state index in [4.69, 9.17) is 0 Å². The van der Waals surface area contributed by atoms with E-state index in [1.165, 1.54) is 43.4 Å². The van der Waals surface area contributed by atoms with Crippen molar-refractivity contribution < 1.29 is 9.69 Å². The largest absolute Gasteiger partial charge is 0.327 e. The van der Waals surface area contributed by atoms with E-state index < -0.39 is 0 Å². The van der Waals surface area contributed by atoms with Gasteiger partial charge >= 0.3 is 0 Å². The molecular weight excluding hydrogens is 324 g/mol. The van der Waals surface area contributed by atoms with Crippen molar-refractivity contribution in [3.63, 3.8) is 0 Å². The Labute approximate surface area is 157 Å². The van der Waals surface area contributed by atoms with Crippen LogP contribution < -0.4 is 10.2 Å². The van der Waals surface area contributed by atoms with Gasteiger partial charge in [0, 0.05) is 11.7 Å². The predicted octanol–water partition coefficient (Wildman–Crippen LogP) is 2.88. The van der Waals surface area contributed by atoms with Crippen molar-refractivity contribution in [3.8, 4) is 6.07 Å². The number of amides is 1. The summed E-state index contributed by atoms with van der Waals surface area (Å²) in [6.07, 6.45) is 9.69. The van der Waals surface area contributed by atoms with E-state index in [0.29, 0.717) is 24.2 Å². The smallest absolute Gasteiger partial charge is 0.280 e. The van der Waals surface area contributed by atoms with Gasteiger partial charge in [0.1, 0.15) is 11.9 Å². The van der Waals surface area contributed by atoms with Crippen molar-refractivity contribution in [2.45, 2.75) is 84.2 Å². The van der Waals surface area contributed by atoms with Crippen molar-refractivity contribution in [1.29, 1.82) is 5.26 Å². The number of quaternary nitrogens is 1. The van der Waals surface area contributed by atoms with Crippen LogP contribution in [-0.2, 0) is 4.79 Å². The number of carbonyl (C=O) groups excluding carboxylic acids is 1. The topological polar surface area (TPSA) is 62.3 Å². The summed E-state index contributed by atoms with van der Waals surface area (Å²) in [6, 6.07) is 3.28. The van der Waals surface area contributed by atoms with Crippen LogP contribution in [0.5, 0.6) is 0 Å². The van der Waals surface area contributed by atoms with Crippen molar-refractivity contribution in [2.75, 3.05) is 18.4 Å². The number of nitrogens with one attached hydrogen (secondary N) is 2. The zero-order chi connectivity index (χ0) is 18.7. The second kappa shape index (κ2) is 8.26. The van der Waals surface area contributed by atoms with Gasteiger partial charge in [0.15, 0.2) is 6.54 Å². The summed E-state index contributed by atoms with van der Waals surface area (Å²) in [5, 5.41) is 12.8. The maximum absolute atomic E-state index is 12.8. The lowest BCUT2D eigenvalue weighted by atomic mass is 9.95. The molecule has 3 rings (SSSR count). The average molecular weight is 358 g/mol. The van der Waals surface area contributed by atoms with Gasteiger partial charge in [-0.15, -0.1) is 0 Å². The highest BCUT2D eigenvalue weighted by molar-refractivity contribution is 5.92. The number of nitrogens with zero attached hydrogens (tertiary/aromatic N) is 2. The van der Waals surface area contributed by atoms with Crippen LogP contribution >= 0.6 is 0 Å². The third-order valence-electron chi connectivity index (χ3n) is 6.54. The molecule has 0 bridgehead atoms. The molecule has 5 nitrogen and oxygen atoms in total. The zero-order valence-electron chi connectivity index (χ0n) is 16.5. The van der Waals surface area contributed by atoms with Crippen LogP contribution in [0, 0.1) is 25.2 Å². The summed E-state index contributed by atoms with van der Waals surface area (Å²) >= 11 is 0. The lowest BCUT2D eigenvalue weighted by Gasteiger charge is -2.30. The Bertz CT molecular complexity index is 694. The number of anilines is 1. The Kier molecular flexibility index (Phi) is 6.03. The number of rotatable bonds is 4. The second-order valence-corrected chi connectivity index (χ2v) is 8.24. The van der Waals surface area contributed by atoms with E-state index >= 15 is 0 Å². The van der Waals surface area contributed by atoms with Gasteiger partial charge in [0.25, 0.3) is 5.91 Å². The van der Waals surface area contributed by atoms with Crippen molar-refractivity contribution in [1.82, 2.24) is 4.57 Å². The Morgan fingerprint density at radius 1 is 1.19 bits per heavy atom. The number of aromatic nitrogens is 1. The van der Waals surface area contributed by atoms with Crippen molar-refractivity contribution in [2.24, 2.45) is 0 Å². The minimum absolute atomic E-state index is 0.0415. The van der Waals surface area contributed by atoms with Crippen LogP contribution in [0.4, 0.5) is 5.82 Å². The molecule has 0 spiro atoms. The van der Waals surface area contributed by atoms with E-state index in [1.807, 2.05) is 6.92 Å². The first kappa shape index (κ1) is 19.0. The number of piperidine rings is 1. The third kappa shape index (κ3) is 3.81. The van der Waals surface area contributed by atoms with Crippen LogP contribution in [0.1, 0.15) is 81.2 Å². The van der Waals surface area contributed by atoms with Crippen LogP contribution in [0.2, 0.25) is 0 Å². The van der Waals surface area contributed by atoms with Gasteiger partial charge in [0.05, 0.1) is 18.2 Å². The first-order valence-electron chi connectivity index (χ1n) is 10.3. The SMILES string of the molecule is Cc1c(C#N)c(NC(=O)C[NH+]2CCCC[C@@H]2C)n(C2CCCCC2)c1C. The summed E-state index contributed by atoms with van der Waals surface area (Å²) in [6.45, 7) is 7.89. The number of hydrogen-bond acceptors (Lipinski definition) is 2. The van der Waals surface area contributed by atoms with Gasteiger partial charge in [-0.05, 0) is 58.4 Å². The van der Waals surface area contributed by atoms with E-state index in [-0.39, 0.29) is 5.91 Å². The molecular formula is C21H33N4O+. The van der Waals surface area contributed by atoms with Crippen molar-refractivity contribution in [3.05, 3.63) is 16.8 Å². The maximum atomic E-state index is 12.8. The summed E-state index contributed by atoms with van der Waals surface area (Å²) in [4.78, 5) is 14.2. The lowest BCUT2D eigenvalue weighted by Crippen LogP contribution is -3.17. The number of likely N-dealkylation sites (tertiary alicyclic amines) is 1. The van der Waals surface area contributed by atoms with Gasteiger partial charge < -0.3 is 14.8 Å². The Balaban J connectivity index is 1.82. The van der Waals surface area contributed by atoms with E-state index in [1.54, 1.807) is 0 Å². The van der Waals surface area contributed by atoms with Crippen molar-refractivity contribution >= 4 is 11.7 Å². The molecule has 1 aliphatic carbocycles. The Morgan fingerprint density at radius 3 is 2.54 bits per heavy atom. The Hall–Kier alpha value is -1.80. The third-order valence-corrected chi connectivity index (χ3v) is 6.54. The summed E-state index contributed by atoms with van der Waals surface area (Å²) in [7, 11) is 0. The van der Waals surface area contributed by atoms with E-state index in [0.717, 1.165) is 36.5 Å². The molecule has 2 atom stereocenters. The molecule has 2 heterocycles. The molecule has 2 aliphatic rings. The average Bonchev–Trinajstić information content (AvgIpc) is 2.87. The quantitative estimate of drug-likeness (QED) is 0.870. The molecule has 1 aliphatic heterocycles. The summed E-state index contributed by atoms with van der Waals surface area (Å²) < 4.78 is 2.25. The molecule has 2 N–H and O–H groups in total. The predicted molar refractivity (Wildman–Crippen MR) is 103 cm³/mol. The number of hydrogen-bond donors (Lipinski definition) is 2. The molecule has 26 heavy (non-hydrogen) atoms. The van der Waals surface area contributed by atoms with Gasteiger partial charge in [-0.3, -0.25) is 4.79 Å². The molecule has 1 amide bonds. The fourth-order valence-electron chi connectivity index (χ4n) is 4.78. The van der Waals surface area contributed by atoms with Gasteiger partial charge in [-0.2, -0.15) is 5.26 Å². The zero-order valence-corrected chi connectivity index (χ0v) is 16.5. The minimum atomic E-state index is 0.0415. The fraction of sp³-hybridized carbons (Fsp3) is 0.714. The number of carbonyl (C=O) groups is 1. The molecule has 142 valence electrons. The highest BCUT2D eigenvalue weighted by atomic mass is 16.2. The van der Waals surface area contributed by atoms with E-state index in [9.17, 15) is 10.1 Å². The second-order valence-electron chi connectivity index (χ2n) is 8.24. The lowest BCUT2D eigenvalue weighted by molar-refractivity contribution is -0.920. The first-order chi connectivity index (χ1) is 12.5. The summed E-state index contributed by atoms with van der Waals surface area (Å²) in [5.41, 5.74) is 2.78. The Morgan fingerprint density at radius 2 is 1.88 bits per heavy atom. The van der Waals surface area contributed by atoms with Crippen LogP contribution in [0.25, 0.3) is 0 Å².